The molecule has 66 heavy (non-hydrogen) atoms. The van der Waals surface area contributed by atoms with E-state index in [-0.39, 0.29) is 16.2 Å². The Morgan fingerprint density at radius 2 is 0.894 bits per heavy atom. The lowest BCUT2D eigenvalue weighted by Gasteiger charge is -2.36. The van der Waals surface area contributed by atoms with Gasteiger partial charge in [-0.05, 0) is 131 Å². The van der Waals surface area contributed by atoms with Crippen LogP contribution in [-0.4, -0.2) is 8.07 Å². The Bertz CT molecular complexity index is 3670. The van der Waals surface area contributed by atoms with Crippen molar-refractivity contribution in [2.75, 3.05) is 0 Å². The van der Waals surface area contributed by atoms with Crippen LogP contribution in [0.25, 0.3) is 66.1 Å². The van der Waals surface area contributed by atoms with Gasteiger partial charge in [0.05, 0.1) is 0 Å². The smallest absolute Gasteiger partial charge is 0.139 e. The highest BCUT2D eigenvalue weighted by Gasteiger charge is 2.45. The number of para-hydroxylation sites is 2. The van der Waals surface area contributed by atoms with E-state index < -0.39 is 8.07 Å². The van der Waals surface area contributed by atoms with Gasteiger partial charge < -0.3 is 9.47 Å². The minimum atomic E-state index is -2.13. The summed E-state index contributed by atoms with van der Waals surface area (Å²) in [6, 6.07) is 55.0. The van der Waals surface area contributed by atoms with E-state index in [0.717, 1.165) is 23.0 Å². The Kier molecular flexibility index (Phi) is 7.82. The summed E-state index contributed by atoms with van der Waals surface area (Å²) >= 11 is 0. The maximum absolute atomic E-state index is 7.32. The molecule has 0 bridgehead atoms. The van der Waals surface area contributed by atoms with Gasteiger partial charge in [0.2, 0.25) is 0 Å². The van der Waals surface area contributed by atoms with Crippen LogP contribution < -0.4 is 19.8 Å². The second-order valence-corrected chi connectivity index (χ2v) is 26.0. The van der Waals surface area contributed by atoms with Crippen LogP contribution in [0.4, 0.5) is 0 Å². The molecular formula is C63H54O2Si. The first kappa shape index (κ1) is 39.7. The predicted octanol–water partition coefficient (Wildman–Crippen LogP) is 15.9. The molecule has 2 aliphatic carbocycles. The van der Waals surface area contributed by atoms with Crippen LogP contribution >= 0.6 is 0 Å². The number of aryl methyl sites for hydroxylation is 2. The maximum atomic E-state index is 7.32. The highest BCUT2D eigenvalue weighted by atomic mass is 28.3. The van der Waals surface area contributed by atoms with E-state index in [1.807, 2.05) is 0 Å². The minimum absolute atomic E-state index is 0.0838. The molecule has 2 heterocycles. The van der Waals surface area contributed by atoms with Gasteiger partial charge in [-0.15, -0.1) is 0 Å². The molecule has 4 aliphatic rings. The zero-order valence-electron chi connectivity index (χ0n) is 39.7. The molecule has 2 aliphatic heterocycles. The highest BCUT2D eigenvalue weighted by molar-refractivity contribution is 7.02. The van der Waals surface area contributed by atoms with E-state index in [1.54, 1.807) is 0 Å². The normalized spacial score (nSPS) is 16.8. The molecule has 2 nitrogen and oxygen atoms in total. The van der Waals surface area contributed by atoms with E-state index in [4.69, 9.17) is 9.47 Å². The molecule has 13 rings (SSSR count). The number of rotatable bonds is 2. The Balaban J connectivity index is 0.894. The number of ether oxygens (including phenoxy) is 2. The minimum Gasteiger partial charge on any atom is -0.456 e. The lowest BCUT2D eigenvalue weighted by Crippen LogP contribution is -2.56. The lowest BCUT2D eigenvalue weighted by molar-refractivity contribution is 0.419. The van der Waals surface area contributed by atoms with Gasteiger partial charge in [0.15, 0.2) is 0 Å². The Morgan fingerprint density at radius 1 is 0.364 bits per heavy atom. The molecule has 322 valence electrons. The summed E-state index contributed by atoms with van der Waals surface area (Å²) in [6.07, 6.45) is 0. The van der Waals surface area contributed by atoms with E-state index in [2.05, 4.69) is 214 Å². The van der Waals surface area contributed by atoms with Gasteiger partial charge in [0.25, 0.3) is 0 Å². The third-order valence-electron chi connectivity index (χ3n) is 16.8. The second-order valence-electron chi connectivity index (χ2n) is 21.7. The fourth-order valence-electron chi connectivity index (χ4n) is 12.9. The SMILES string of the molecule is Cc1c2ccc(-c3cccc4c3Oc3c(ccc5c3-c3ccccc3C5(C)C)[Si]4(C)C)cc2c(C)c2ccc(-c3ccc4c(c3)C(C)(C)c3ccc5c(c3-4)Oc3ccccc3C5(C)C)cc12. The molecule has 0 radical (unpaired) electrons. The van der Waals surface area contributed by atoms with Crippen molar-refractivity contribution in [3.63, 3.8) is 0 Å². The van der Waals surface area contributed by atoms with Crippen molar-refractivity contribution in [1.29, 1.82) is 0 Å². The van der Waals surface area contributed by atoms with Crippen molar-refractivity contribution >= 4 is 40.0 Å². The van der Waals surface area contributed by atoms with Crippen molar-refractivity contribution < 1.29 is 9.47 Å². The topological polar surface area (TPSA) is 18.5 Å². The van der Waals surface area contributed by atoms with Gasteiger partial charge in [-0.3, -0.25) is 0 Å². The Morgan fingerprint density at radius 3 is 1.65 bits per heavy atom. The Labute approximate surface area is 389 Å². The van der Waals surface area contributed by atoms with Crippen LogP contribution in [0.3, 0.4) is 0 Å². The molecule has 3 heteroatoms. The van der Waals surface area contributed by atoms with E-state index >= 15 is 0 Å². The van der Waals surface area contributed by atoms with Gasteiger partial charge >= 0.3 is 0 Å². The Hall–Kier alpha value is -6.68. The average molecular weight is 871 g/mol. The molecule has 0 atom stereocenters. The summed E-state index contributed by atoms with van der Waals surface area (Å²) in [5.41, 5.74) is 20.0. The number of benzene rings is 9. The summed E-state index contributed by atoms with van der Waals surface area (Å²) in [5.74, 6) is 4.06. The number of hydrogen-bond acceptors (Lipinski definition) is 2. The van der Waals surface area contributed by atoms with E-state index in [9.17, 15) is 0 Å². The monoisotopic (exact) mass is 870 g/mol. The van der Waals surface area contributed by atoms with Crippen LogP contribution in [-0.2, 0) is 16.2 Å². The fourth-order valence-corrected chi connectivity index (χ4v) is 15.7. The van der Waals surface area contributed by atoms with Crippen molar-refractivity contribution in [2.24, 2.45) is 0 Å². The standard InChI is InChI=1S/C63H54O2Si/c1-35-41-26-24-39(42-17-15-21-54-58(42)65-60-55(66(54,9)10)31-30-50-57(60)43-16-11-12-18-47(43)61(50,3)4)33-46(41)36(2)40-25-22-37(32-45(35)40)38-23-27-44-52(34-38)63(7,8)49-28-29-51-59(56(44)49)64-53-20-14-13-19-48(53)62(51,5)6/h11-34H,1-10H3. The van der Waals surface area contributed by atoms with Crippen LogP contribution in [0.2, 0.25) is 13.1 Å². The summed E-state index contributed by atoms with van der Waals surface area (Å²) in [4.78, 5) is 0. The third kappa shape index (κ3) is 5.02. The molecular weight excluding hydrogens is 817 g/mol. The molecule has 0 saturated heterocycles. The van der Waals surface area contributed by atoms with Crippen molar-refractivity contribution in [2.45, 2.75) is 84.7 Å². The number of fused-ring (bicyclic) bond motifs is 14. The molecule has 0 saturated carbocycles. The van der Waals surface area contributed by atoms with Crippen molar-refractivity contribution in [1.82, 2.24) is 0 Å². The zero-order chi connectivity index (χ0) is 45.4. The summed E-state index contributed by atoms with van der Waals surface area (Å²) in [7, 11) is -2.13. The van der Waals surface area contributed by atoms with Gasteiger partial charge in [-0.1, -0.05) is 176 Å². The van der Waals surface area contributed by atoms with Gasteiger partial charge in [-0.25, -0.2) is 0 Å². The molecule has 0 fully saturated rings. The predicted molar refractivity (Wildman–Crippen MR) is 279 cm³/mol. The summed E-state index contributed by atoms with van der Waals surface area (Å²) in [6.45, 7) is 23.7. The molecule has 0 spiro atoms. The highest BCUT2D eigenvalue weighted by Crippen LogP contribution is 2.59. The van der Waals surface area contributed by atoms with E-state index in [0.29, 0.717) is 0 Å². The van der Waals surface area contributed by atoms with Crippen LogP contribution in [0.5, 0.6) is 23.0 Å². The van der Waals surface area contributed by atoms with Crippen LogP contribution in [0.1, 0.15) is 86.1 Å². The maximum Gasteiger partial charge on any atom is 0.139 e. The quantitative estimate of drug-likeness (QED) is 0.127. The van der Waals surface area contributed by atoms with Crippen LogP contribution in [0, 0.1) is 13.8 Å². The van der Waals surface area contributed by atoms with E-state index in [1.165, 1.54) is 121 Å². The third-order valence-corrected chi connectivity index (χ3v) is 20.3. The van der Waals surface area contributed by atoms with Gasteiger partial charge in [-0.2, -0.15) is 0 Å². The van der Waals surface area contributed by atoms with Gasteiger partial charge in [0.1, 0.15) is 31.1 Å². The van der Waals surface area contributed by atoms with Crippen molar-refractivity contribution in [3.05, 3.63) is 190 Å². The molecule has 0 aromatic heterocycles. The van der Waals surface area contributed by atoms with Crippen LogP contribution in [0.15, 0.2) is 146 Å². The molecule has 9 aromatic carbocycles. The first-order valence-corrected chi connectivity index (χ1v) is 26.8. The molecule has 0 unspecified atom stereocenters. The largest absolute Gasteiger partial charge is 0.456 e. The number of hydrogen-bond donors (Lipinski definition) is 0. The van der Waals surface area contributed by atoms with Crippen molar-refractivity contribution in [3.8, 4) is 67.5 Å². The molecule has 0 amide bonds. The zero-order valence-corrected chi connectivity index (χ0v) is 40.7. The first-order chi connectivity index (χ1) is 31.6. The molecule has 0 N–H and O–H groups in total. The average Bonchev–Trinajstić information content (AvgIpc) is 3.70. The fraction of sp³-hybridized carbons (Fsp3) is 0.206. The first-order valence-electron chi connectivity index (χ1n) is 23.8. The summed E-state index contributed by atoms with van der Waals surface area (Å²) < 4.78 is 14.1. The molecule has 9 aromatic rings. The second kappa shape index (κ2) is 13.0. The van der Waals surface area contributed by atoms with Gasteiger partial charge in [0, 0.05) is 44.1 Å². The summed E-state index contributed by atoms with van der Waals surface area (Å²) in [5, 5.41) is 7.93. The lowest BCUT2D eigenvalue weighted by atomic mass is 9.74.